The van der Waals surface area contributed by atoms with Crippen molar-refractivity contribution in [1.82, 2.24) is 9.80 Å². The molecule has 118 valence electrons. The van der Waals surface area contributed by atoms with E-state index in [0.717, 1.165) is 26.1 Å². The van der Waals surface area contributed by atoms with Crippen LogP contribution in [-0.4, -0.2) is 61.0 Å². The topological polar surface area (TPSA) is 49.9 Å². The molecule has 0 N–H and O–H groups in total. The standard InChI is InChI=1S/C16H26N2O3/c1-12-14(11-21-16(12)20)15(19)18-8-4-5-13(10-18)9-17-6-2-3-7-17/h12-14H,2-11H2,1H3. The van der Waals surface area contributed by atoms with Crippen LogP contribution in [0.4, 0.5) is 0 Å². The maximum absolute atomic E-state index is 12.6. The van der Waals surface area contributed by atoms with Crippen LogP contribution < -0.4 is 0 Å². The molecule has 0 bridgehead atoms. The molecule has 3 aliphatic rings. The van der Waals surface area contributed by atoms with E-state index < -0.39 is 0 Å². The molecular formula is C16H26N2O3. The van der Waals surface area contributed by atoms with Crippen molar-refractivity contribution >= 4 is 11.9 Å². The number of esters is 1. The lowest BCUT2D eigenvalue weighted by Crippen LogP contribution is -2.46. The molecule has 3 aliphatic heterocycles. The Labute approximate surface area is 126 Å². The Kier molecular flexibility index (Phi) is 4.48. The van der Waals surface area contributed by atoms with Gasteiger partial charge in [-0.2, -0.15) is 0 Å². The van der Waals surface area contributed by atoms with Crippen LogP contribution in [-0.2, 0) is 14.3 Å². The number of rotatable bonds is 3. The average Bonchev–Trinajstić information content (AvgIpc) is 3.10. The number of likely N-dealkylation sites (tertiary alicyclic amines) is 2. The number of hydrogen-bond acceptors (Lipinski definition) is 4. The van der Waals surface area contributed by atoms with Crippen LogP contribution >= 0.6 is 0 Å². The molecule has 0 aromatic carbocycles. The number of ether oxygens (including phenoxy) is 1. The molecule has 0 aromatic rings. The summed E-state index contributed by atoms with van der Waals surface area (Å²) in [6.45, 7) is 7.33. The number of nitrogens with zero attached hydrogens (tertiary/aromatic N) is 2. The van der Waals surface area contributed by atoms with Gasteiger partial charge in [0.25, 0.3) is 0 Å². The third kappa shape index (κ3) is 3.23. The first-order chi connectivity index (χ1) is 10.1. The van der Waals surface area contributed by atoms with E-state index in [9.17, 15) is 9.59 Å². The highest BCUT2D eigenvalue weighted by molar-refractivity contribution is 5.87. The van der Waals surface area contributed by atoms with Crippen molar-refractivity contribution in [3.05, 3.63) is 0 Å². The second-order valence-corrected chi connectivity index (χ2v) is 6.83. The highest BCUT2D eigenvalue weighted by Gasteiger charge is 2.41. The van der Waals surface area contributed by atoms with Gasteiger partial charge in [-0.3, -0.25) is 9.59 Å². The maximum Gasteiger partial charge on any atom is 0.309 e. The zero-order chi connectivity index (χ0) is 14.8. The smallest absolute Gasteiger partial charge is 0.309 e. The molecule has 0 saturated carbocycles. The highest BCUT2D eigenvalue weighted by atomic mass is 16.5. The number of carbonyl (C=O) groups excluding carboxylic acids is 2. The number of amides is 1. The normalized spacial score (nSPS) is 34.2. The Hall–Kier alpha value is -1.10. The van der Waals surface area contributed by atoms with Gasteiger partial charge in [0.1, 0.15) is 6.61 Å². The van der Waals surface area contributed by atoms with E-state index >= 15 is 0 Å². The number of hydrogen-bond donors (Lipinski definition) is 0. The second-order valence-electron chi connectivity index (χ2n) is 6.83. The fourth-order valence-electron chi connectivity index (χ4n) is 3.88. The minimum Gasteiger partial charge on any atom is -0.465 e. The van der Waals surface area contributed by atoms with Gasteiger partial charge in [0.05, 0.1) is 11.8 Å². The van der Waals surface area contributed by atoms with E-state index in [-0.39, 0.29) is 30.3 Å². The quantitative estimate of drug-likeness (QED) is 0.732. The first-order valence-corrected chi connectivity index (χ1v) is 8.33. The predicted molar refractivity (Wildman–Crippen MR) is 78.6 cm³/mol. The van der Waals surface area contributed by atoms with Crippen LogP contribution in [0.5, 0.6) is 0 Å². The Balaban J connectivity index is 1.55. The van der Waals surface area contributed by atoms with Gasteiger partial charge in [-0.05, 0) is 44.7 Å². The summed E-state index contributed by atoms with van der Waals surface area (Å²) in [5.74, 6) is -0.0490. The minimum atomic E-state index is -0.281. The van der Waals surface area contributed by atoms with Gasteiger partial charge < -0.3 is 14.5 Å². The van der Waals surface area contributed by atoms with E-state index in [0.29, 0.717) is 5.92 Å². The average molecular weight is 294 g/mol. The molecule has 3 saturated heterocycles. The molecule has 3 fully saturated rings. The van der Waals surface area contributed by atoms with Crippen LogP contribution in [0.1, 0.15) is 32.6 Å². The fraction of sp³-hybridized carbons (Fsp3) is 0.875. The Bertz CT molecular complexity index is 406. The van der Waals surface area contributed by atoms with E-state index in [1.807, 2.05) is 11.8 Å². The molecule has 3 unspecified atom stereocenters. The lowest BCUT2D eigenvalue weighted by atomic mass is 9.92. The monoisotopic (exact) mass is 294 g/mol. The molecule has 3 atom stereocenters. The fourth-order valence-corrected chi connectivity index (χ4v) is 3.88. The summed E-state index contributed by atoms with van der Waals surface area (Å²) >= 11 is 0. The van der Waals surface area contributed by atoms with Crippen molar-refractivity contribution in [2.75, 3.05) is 39.3 Å². The molecule has 0 spiro atoms. The summed E-state index contributed by atoms with van der Waals surface area (Å²) < 4.78 is 5.03. The van der Waals surface area contributed by atoms with Crippen molar-refractivity contribution in [3.63, 3.8) is 0 Å². The summed E-state index contributed by atoms with van der Waals surface area (Å²) in [5, 5.41) is 0. The summed E-state index contributed by atoms with van der Waals surface area (Å²) in [7, 11) is 0. The van der Waals surface area contributed by atoms with E-state index in [4.69, 9.17) is 4.74 Å². The first-order valence-electron chi connectivity index (χ1n) is 8.33. The Morgan fingerprint density at radius 1 is 1.24 bits per heavy atom. The number of piperidine rings is 1. The molecule has 5 heteroatoms. The van der Waals surface area contributed by atoms with E-state index in [1.54, 1.807) is 0 Å². The van der Waals surface area contributed by atoms with Crippen LogP contribution in [0, 0.1) is 17.8 Å². The van der Waals surface area contributed by atoms with Gasteiger partial charge in [-0.15, -0.1) is 0 Å². The minimum absolute atomic E-state index is 0.125. The van der Waals surface area contributed by atoms with E-state index in [1.165, 1.54) is 32.4 Å². The largest absolute Gasteiger partial charge is 0.465 e. The number of cyclic esters (lactones) is 1. The molecule has 5 nitrogen and oxygen atoms in total. The molecule has 3 rings (SSSR count). The molecule has 0 aromatic heterocycles. The molecule has 0 aliphatic carbocycles. The lowest BCUT2D eigenvalue weighted by Gasteiger charge is -2.36. The van der Waals surface area contributed by atoms with Crippen molar-refractivity contribution in [1.29, 1.82) is 0 Å². The molecule has 0 radical (unpaired) electrons. The molecule has 1 amide bonds. The van der Waals surface area contributed by atoms with Gasteiger partial charge in [-0.25, -0.2) is 0 Å². The Morgan fingerprint density at radius 3 is 2.67 bits per heavy atom. The van der Waals surface area contributed by atoms with Crippen LogP contribution in [0.2, 0.25) is 0 Å². The van der Waals surface area contributed by atoms with Gasteiger partial charge in [0.2, 0.25) is 5.91 Å². The second kappa shape index (κ2) is 6.34. The van der Waals surface area contributed by atoms with Gasteiger partial charge in [-0.1, -0.05) is 6.92 Å². The van der Waals surface area contributed by atoms with Crippen molar-refractivity contribution in [3.8, 4) is 0 Å². The van der Waals surface area contributed by atoms with Crippen LogP contribution in [0.25, 0.3) is 0 Å². The number of carbonyl (C=O) groups is 2. The predicted octanol–water partition coefficient (Wildman–Crippen LogP) is 1.13. The van der Waals surface area contributed by atoms with Crippen molar-refractivity contribution in [2.45, 2.75) is 32.6 Å². The van der Waals surface area contributed by atoms with Gasteiger partial charge >= 0.3 is 5.97 Å². The SMILES string of the molecule is CC1C(=O)OCC1C(=O)N1CCCC(CN2CCCC2)C1. The van der Waals surface area contributed by atoms with E-state index in [2.05, 4.69) is 4.90 Å². The van der Waals surface area contributed by atoms with Gasteiger partial charge in [0.15, 0.2) is 0 Å². The molecule has 3 heterocycles. The first kappa shape index (κ1) is 14.8. The van der Waals surface area contributed by atoms with Crippen molar-refractivity contribution in [2.24, 2.45) is 17.8 Å². The van der Waals surface area contributed by atoms with Crippen LogP contribution in [0.15, 0.2) is 0 Å². The van der Waals surface area contributed by atoms with Crippen LogP contribution in [0.3, 0.4) is 0 Å². The summed E-state index contributed by atoms with van der Waals surface area (Å²) in [4.78, 5) is 28.6. The zero-order valence-corrected chi connectivity index (χ0v) is 12.9. The highest BCUT2D eigenvalue weighted by Crippen LogP contribution is 2.27. The zero-order valence-electron chi connectivity index (χ0n) is 12.9. The van der Waals surface area contributed by atoms with Gasteiger partial charge in [0, 0.05) is 19.6 Å². The lowest BCUT2D eigenvalue weighted by molar-refractivity contribution is -0.142. The molecular weight excluding hydrogens is 268 g/mol. The Morgan fingerprint density at radius 2 is 2.00 bits per heavy atom. The van der Waals surface area contributed by atoms with Crippen molar-refractivity contribution < 1.29 is 14.3 Å². The third-order valence-electron chi connectivity index (χ3n) is 5.24. The third-order valence-corrected chi connectivity index (χ3v) is 5.24. The molecule has 21 heavy (non-hydrogen) atoms. The summed E-state index contributed by atoms with van der Waals surface area (Å²) in [6.07, 6.45) is 4.93. The maximum atomic E-state index is 12.6. The summed E-state index contributed by atoms with van der Waals surface area (Å²) in [6, 6.07) is 0. The summed E-state index contributed by atoms with van der Waals surface area (Å²) in [5.41, 5.74) is 0.